The van der Waals surface area contributed by atoms with Gasteiger partial charge in [0.15, 0.2) is 0 Å². The van der Waals surface area contributed by atoms with E-state index in [2.05, 4.69) is 4.72 Å². The summed E-state index contributed by atoms with van der Waals surface area (Å²) in [6.07, 6.45) is -0.527. The third-order valence-electron chi connectivity index (χ3n) is 5.38. The van der Waals surface area contributed by atoms with Gasteiger partial charge in [0, 0.05) is 12.2 Å². The number of hydrogen-bond donors (Lipinski definition) is 2. The molecule has 1 aliphatic heterocycles. The Morgan fingerprint density at radius 2 is 1.56 bits per heavy atom. The molecule has 3 aromatic rings. The average molecular weight is 453 g/mol. The van der Waals surface area contributed by atoms with E-state index in [0.29, 0.717) is 12.2 Å². The second-order valence-corrected chi connectivity index (χ2v) is 9.21. The summed E-state index contributed by atoms with van der Waals surface area (Å²) in [6.45, 7) is 0.0295. The summed E-state index contributed by atoms with van der Waals surface area (Å²) in [5.74, 6) is -0.184. The fourth-order valence-electron chi connectivity index (χ4n) is 3.76. The Morgan fingerprint density at radius 1 is 0.938 bits per heavy atom. The van der Waals surface area contributed by atoms with Crippen LogP contribution in [-0.4, -0.2) is 43.6 Å². The number of amides is 1. The Bertz CT molecular complexity index is 1150. The summed E-state index contributed by atoms with van der Waals surface area (Å²) >= 11 is 0. The number of morpholine rings is 1. The lowest BCUT2D eigenvalue weighted by Gasteiger charge is -2.40. The number of carbonyl (C=O) groups is 1. The van der Waals surface area contributed by atoms with Crippen molar-refractivity contribution in [2.75, 3.05) is 17.9 Å². The van der Waals surface area contributed by atoms with Crippen molar-refractivity contribution in [2.24, 2.45) is 0 Å². The van der Waals surface area contributed by atoms with Gasteiger partial charge in [-0.25, -0.2) is 8.42 Å². The Kier molecular flexibility index (Phi) is 6.55. The molecule has 2 N–H and O–H groups in total. The molecule has 0 aromatic heterocycles. The fraction of sp³-hybridized carbons (Fsp3) is 0.208. The maximum Gasteiger partial charge on any atom is 0.261 e. The van der Waals surface area contributed by atoms with Crippen molar-refractivity contribution in [2.45, 2.75) is 23.6 Å². The summed E-state index contributed by atoms with van der Waals surface area (Å²) in [7, 11) is -3.69. The average Bonchev–Trinajstić information content (AvgIpc) is 2.82. The first-order chi connectivity index (χ1) is 15.5. The van der Waals surface area contributed by atoms with Crippen LogP contribution in [-0.2, 0) is 26.1 Å². The number of carbonyl (C=O) groups excluding carboxylic acids is 1. The van der Waals surface area contributed by atoms with Crippen molar-refractivity contribution in [3.63, 3.8) is 0 Å². The van der Waals surface area contributed by atoms with E-state index in [9.17, 15) is 18.3 Å². The third kappa shape index (κ3) is 4.83. The van der Waals surface area contributed by atoms with E-state index in [1.807, 2.05) is 30.3 Å². The monoisotopic (exact) mass is 452 g/mol. The first-order valence-electron chi connectivity index (χ1n) is 10.2. The van der Waals surface area contributed by atoms with Crippen LogP contribution in [0.1, 0.15) is 17.2 Å². The van der Waals surface area contributed by atoms with Gasteiger partial charge in [-0.3, -0.25) is 9.52 Å². The fourth-order valence-corrected chi connectivity index (χ4v) is 4.84. The molecule has 3 aromatic carbocycles. The van der Waals surface area contributed by atoms with Crippen LogP contribution in [0.15, 0.2) is 89.8 Å². The van der Waals surface area contributed by atoms with Crippen LogP contribution in [0.2, 0.25) is 0 Å². The standard InChI is InChI=1S/C24H24N2O5S/c27-16-22-24(31-17-23(28)26(22)15-18-7-3-1-4-8-18)19-11-13-20(14-12-19)25-32(29,30)21-9-5-2-6-10-21/h1-14,22,24-25,27H,15-17H2. The number of ether oxygens (including phenoxy) is 1. The number of anilines is 1. The van der Waals surface area contributed by atoms with Crippen molar-refractivity contribution < 1.29 is 23.1 Å². The molecule has 166 valence electrons. The maximum absolute atomic E-state index is 12.5. The summed E-state index contributed by atoms with van der Waals surface area (Å²) in [5, 5.41) is 10.1. The largest absolute Gasteiger partial charge is 0.394 e. The van der Waals surface area contributed by atoms with E-state index in [0.717, 1.165) is 11.1 Å². The summed E-state index contributed by atoms with van der Waals surface area (Å²) in [4.78, 5) is 14.3. The molecule has 0 aliphatic carbocycles. The summed E-state index contributed by atoms with van der Waals surface area (Å²) in [6, 6.07) is 23.9. The molecule has 2 atom stereocenters. The number of aliphatic hydroxyl groups is 1. The quantitative estimate of drug-likeness (QED) is 0.575. The van der Waals surface area contributed by atoms with Crippen molar-refractivity contribution in [1.82, 2.24) is 4.90 Å². The molecular weight excluding hydrogens is 428 g/mol. The SMILES string of the molecule is O=C1COC(c2ccc(NS(=O)(=O)c3ccccc3)cc2)C(CO)N1Cc1ccccc1. The first kappa shape index (κ1) is 22.0. The second-order valence-electron chi connectivity index (χ2n) is 7.53. The highest BCUT2D eigenvalue weighted by Gasteiger charge is 2.37. The predicted octanol–water partition coefficient (Wildman–Crippen LogP) is 2.95. The molecule has 1 saturated heterocycles. The molecule has 7 nitrogen and oxygen atoms in total. The lowest BCUT2D eigenvalue weighted by Crippen LogP contribution is -2.52. The molecule has 2 unspecified atom stereocenters. The van der Waals surface area contributed by atoms with Crippen LogP contribution in [0.5, 0.6) is 0 Å². The van der Waals surface area contributed by atoms with Gasteiger partial charge in [0.1, 0.15) is 12.7 Å². The molecular formula is C24H24N2O5S. The van der Waals surface area contributed by atoms with Gasteiger partial charge in [-0.05, 0) is 35.4 Å². The minimum atomic E-state index is -3.69. The van der Waals surface area contributed by atoms with Crippen molar-refractivity contribution in [3.05, 3.63) is 96.1 Å². The lowest BCUT2D eigenvalue weighted by molar-refractivity contribution is -0.162. The molecule has 0 spiro atoms. The normalized spacial score (nSPS) is 19.0. The van der Waals surface area contributed by atoms with Crippen LogP contribution in [0, 0.1) is 0 Å². The molecule has 0 saturated carbocycles. The molecule has 0 radical (unpaired) electrons. The van der Waals surface area contributed by atoms with Crippen molar-refractivity contribution in [3.8, 4) is 0 Å². The highest BCUT2D eigenvalue weighted by molar-refractivity contribution is 7.92. The maximum atomic E-state index is 12.5. The van der Waals surface area contributed by atoms with E-state index >= 15 is 0 Å². The number of sulfonamides is 1. The van der Waals surface area contributed by atoms with Crippen LogP contribution in [0.3, 0.4) is 0 Å². The minimum absolute atomic E-state index is 0.0869. The van der Waals surface area contributed by atoms with Gasteiger partial charge < -0.3 is 14.7 Å². The molecule has 1 heterocycles. The van der Waals surface area contributed by atoms with Gasteiger partial charge in [0.25, 0.3) is 10.0 Å². The Labute approximate surface area is 187 Å². The highest BCUT2D eigenvalue weighted by Crippen LogP contribution is 2.31. The van der Waals surface area contributed by atoms with Gasteiger partial charge in [-0.1, -0.05) is 60.7 Å². The minimum Gasteiger partial charge on any atom is -0.394 e. The summed E-state index contributed by atoms with van der Waals surface area (Å²) in [5.41, 5.74) is 2.12. The zero-order chi connectivity index (χ0) is 22.6. The van der Waals surface area contributed by atoms with Crippen LogP contribution < -0.4 is 4.72 Å². The lowest BCUT2D eigenvalue weighted by atomic mass is 9.98. The Hall–Kier alpha value is -3.20. The Morgan fingerprint density at radius 3 is 2.19 bits per heavy atom. The molecule has 1 amide bonds. The van der Waals surface area contributed by atoms with Crippen molar-refractivity contribution in [1.29, 1.82) is 0 Å². The molecule has 0 bridgehead atoms. The molecule has 4 rings (SSSR count). The van der Waals surface area contributed by atoms with E-state index < -0.39 is 22.2 Å². The number of hydrogen-bond acceptors (Lipinski definition) is 5. The zero-order valence-electron chi connectivity index (χ0n) is 17.3. The smallest absolute Gasteiger partial charge is 0.261 e. The zero-order valence-corrected chi connectivity index (χ0v) is 18.1. The van der Waals surface area contributed by atoms with E-state index in [1.165, 1.54) is 12.1 Å². The van der Waals surface area contributed by atoms with Crippen LogP contribution in [0.25, 0.3) is 0 Å². The van der Waals surface area contributed by atoms with E-state index in [4.69, 9.17) is 4.74 Å². The number of benzene rings is 3. The third-order valence-corrected chi connectivity index (χ3v) is 6.78. The predicted molar refractivity (Wildman–Crippen MR) is 120 cm³/mol. The summed E-state index contributed by atoms with van der Waals surface area (Å²) < 4.78 is 33.4. The molecule has 32 heavy (non-hydrogen) atoms. The topological polar surface area (TPSA) is 95.9 Å². The second kappa shape index (κ2) is 9.52. The number of aliphatic hydroxyl groups excluding tert-OH is 1. The van der Waals surface area contributed by atoms with Gasteiger partial charge in [-0.15, -0.1) is 0 Å². The number of rotatable bonds is 7. The van der Waals surface area contributed by atoms with Crippen LogP contribution >= 0.6 is 0 Å². The molecule has 1 fully saturated rings. The molecule has 1 aliphatic rings. The van der Waals surface area contributed by atoms with Gasteiger partial charge in [0.2, 0.25) is 5.91 Å². The van der Waals surface area contributed by atoms with E-state index in [1.54, 1.807) is 47.4 Å². The van der Waals surface area contributed by atoms with E-state index in [-0.39, 0.29) is 24.0 Å². The van der Waals surface area contributed by atoms with Gasteiger partial charge in [0.05, 0.1) is 17.5 Å². The van der Waals surface area contributed by atoms with Gasteiger partial charge >= 0.3 is 0 Å². The van der Waals surface area contributed by atoms with Gasteiger partial charge in [-0.2, -0.15) is 0 Å². The highest BCUT2D eigenvalue weighted by atomic mass is 32.2. The first-order valence-corrected chi connectivity index (χ1v) is 11.7. The number of nitrogens with one attached hydrogen (secondary N) is 1. The van der Waals surface area contributed by atoms with Crippen LogP contribution in [0.4, 0.5) is 5.69 Å². The Balaban J connectivity index is 1.52. The van der Waals surface area contributed by atoms with Crippen molar-refractivity contribution >= 4 is 21.6 Å². The molecule has 8 heteroatoms. The number of nitrogens with zero attached hydrogens (tertiary/aromatic N) is 1.